The number of esters is 1. The molecule has 1 aliphatic heterocycles. The second-order valence-electron chi connectivity index (χ2n) is 5.50. The zero-order valence-corrected chi connectivity index (χ0v) is 15.0. The topological polar surface area (TPSA) is 75.7 Å². The third kappa shape index (κ3) is 5.34. The van der Waals surface area contributed by atoms with E-state index in [2.05, 4.69) is 10.1 Å². The third-order valence-corrected chi connectivity index (χ3v) is 4.84. The summed E-state index contributed by atoms with van der Waals surface area (Å²) in [5.41, 5.74) is -1.51. The molecule has 0 aromatic heterocycles. The van der Waals surface area contributed by atoms with Crippen LogP contribution in [-0.2, 0) is 25.3 Å². The predicted octanol–water partition coefficient (Wildman–Crippen LogP) is 2.10. The first-order valence-electron chi connectivity index (χ1n) is 7.83. The van der Waals surface area contributed by atoms with E-state index in [4.69, 9.17) is 0 Å². The number of carbonyl (C=O) groups is 3. The lowest BCUT2D eigenvalue weighted by Crippen LogP contribution is -2.41. The molecule has 1 aromatic carbocycles. The standard InChI is InChI=1S/C16H16F4N2O4S/c1-2-26-14(25)6-21-12(23)7-22-13(24)8-27-15(22)10-5-9(17)3-4-11(10)16(18,19)20/h3-5,15H,2,6-8H2,1H3,(H,21,23). The van der Waals surface area contributed by atoms with Crippen molar-refractivity contribution in [2.75, 3.05) is 25.4 Å². The minimum atomic E-state index is -4.74. The highest BCUT2D eigenvalue weighted by Crippen LogP contribution is 2.44. The minimum Gasteiger partial charge on any atom is -0.465 e. The van der Waals surface area contributed by atoms with Crippen LogP contribution >= 0.6 is 11.8 Å². The van der Waals surface area contributed by atoms with E-state index in [1.165, 1.54) is 0 Å². The highest BCUT2D eigenvalue weighted by Gasteiger charge is 2.41. The molecule has 0 spiro atoms. The summed E-state index contributed by atoms with van der Waals surface area (Å²) in [5.74, 6) is -3.02. The second-order valence-corrected chi connectivity index (χ2v) is 6.56. The number of benzene rings is 1. The zero-order chi connectivity index (χ0) is 20.2. The van der Waals surface area contributed by atoms with Crippen molar-refractivity contribution in [3.05, 3.63) is 35.1 Å². The van der Waals surface area contributed by atoms with Crippen molar-refractivity contribution in [3.63, 3.8) is 0 Å². The lowest BCUT2D eigenvalue weighted by Gasteiger charge is -2.26. The van der Waals surface area contributed by atoms with E-state index in [1.54, 1.807) is 6.92 Å². The fourth-order valence-corrected chi connectivity index (χ4v) is 3.68. The maximum absolute atomic E-state index is 13.5. The Hall–Kier alpha value is -2.30. The van der Waals surface area contributed by atoms with E-state index in [9.17, 15) is 31.9 Å². The van der Waals surface area contributed by atoms with Crippen molar-refractivity contribution in [3.8, 4) is 0 Å². The Morgan fingerprint density at radius 2 is 2.07 bits per heavy atom. The molecule has 1 aromatic rings. The summed E-state index contributed by atoms with van der Waals surface area (Å²) >= 11 is 0.863. The van der Waals surface area contributed by atoms with Crippen molar-refractivity contribution in [1.29, 1.82) is 0 Å². The largest absolute Gasteiger partial charge is 0.465 e. The van der Waals surface area contributed by atoms with Crippen LogP contribution in [0.4, 0.5) is 17.6 Å². The number of carbonyl (C=O) groups excluding carboxylic acids is 3. The van der Waals surface area contributed by atoms with Crippen LogP contribution in [0.5, 0.6) is 0 Å². The number of ether oxygens (including phenoxy) is 1. The lowest BCUT2D eigenvalue weighted by molar-refractivity contribution is -0.144. The van der Waals surface area contributed by atoms with Gasteiger partial charge in [0.2, 0.25) is 11.8 Å². The molecule has 2 amide bonds. The molecular weight excluding hydrogens is 392 g/mol. The summed E-state index contributed by atoms with van der Waals surface area (Å²) in [6, 6.07) is 2.00. The van der Waals surface area contributed by atoms with E-state index in [0.717, 1.165) is 16.7 Å². The van der Waals surface area contributed by atoms with Crippen molar-refractivity contribution >= 4 is 29.5 Å². The Labute approximate surface area is 156 Å². The number of hydrogen-bond acceptors (Lipinski definition) is 5. The summed E-state index contributed by atoms with van der Waals surface area (Å²) in [6.45, 7) is 0.712. The molecule has 1 unspecified atom stereocenters. The van der Waals surface area contributed by atoms with Crippen molar-refractivity contribution in [2.24, 2.45) is 0 Å². The van der Waals surface area contributed by atoms with Gasteiger partial charge in [-0.15, -0.1) is 11.8 Å². The molecular formula is C16H16F4N2O4S. The maximum atomic E-state index is 13.5. The summed E-state index contributed by atoms with van der Waals surface area (Å²) in [5, 5.41) is 1.06. The molecule has 27 heavy (non-hydrogen) atoms. The zero-order valence-electron chi connectivity index (χ0n) is 14.1. The van der Waals surface area contributed by atoms with Crippen LogP contribution in [0.25, 0.3) is 0 Å². The van der Waals surface area contributed by atoms with Crippen LogP contribution < -0.4 is 5.32 Å². The minimum absolute atomic E-state index is 0.123. The molecule has 148 valence electrons. The average Bonchev–Trinajstić information content (AvgIpc) is 2.93. The number of thioether (sulfide) groups is 1. The van der Waals surface area contributed by atoms with E-state index < -0.39 is 59.4 Å². The Balaban J connectivity index is 2.18. The van der Waals surface area contributed by atoms with Gasteiger partial charge in [0.25, 0.3) is 0 Å². The van der Waals surface area contributed by atoms with Crippen LogP contribution in [0, 0.1) is 5.82 Å². The second kappa shape index (κ2) is 8.59. The smallest absolute Gasteiger partial charge is 0.416 e. The summed E-state index contributed by atoms with van der Waals surface area (Å²) in [4.78, 5) is 36.2. The Morgan fingerprint density at radius 1 is 1.37 bits per heavy atom. The first-order valence-corrected chi connectivity index (χ1v) is 8.88. The fourth-order valence-electron chi connectivity index (χ4n) is 2.47. The molecule has 1 atom stereocenters. The van der Waals surface area contributed by atoms with Gasteiger partial charge in [-0.2, -0.15) is 13.2 Å². The number of amides is 2. The highest BCUT2D eigenvalue weighted by atomic mass is 32.2. The average molecular weight is 408 g/mol. The molecule has 1 aliphatic rings. The molecule has 11 heteroatoms. The highest BCUT2D eigenvalue weighted by molar-refractivity contribution is 8.00. The molecule has 1 heterocycles. The van der Waals surface area contributed by atoms with Gasteiger partial charge in [0.05, 0.1) is 17.9 Å². The van der Waals surface area contributed by atoms with Crippen molar-refractivity contribution in [1.82, 2.24) is 10.2 Å². The van der Waals surface area contributed by atoms with Gasteiger partial charge < -0.3 is 15.0 Å². The number of alkyl halides is 3. The first kappa shape index (κ1) is 21.0. The van der Waals surface area contributed by atoms with Gasteiger partial charge in [0, 0.05) is 0 Å². The summed E-state index contributed by atoms with van der Waals surface area (Å²) < 4.78 is 57.9. The van der Waals surface area contributed by atoms with Gasteiger partial charge in [-0.25, -0.2) is 4.39 Å². The van der Waals surface area contributed by atoms with Gasteiger partial charge in [0.15, 0.2) is 0 Å². The SMILES string of the molecule is CCOC(=O)CNC(=O)CN1C(=O)CSC1c1cc(F)ccc1C(F)(F)F. The van der Waals surface area contributed by atoms with Gasteiger partial charge >= 0.3 is 12.1 Å². The number of rotatable bonds is 6. The number of nitrogens with one attached hydrogen (secondary N) is 1. The van der Waals surface area contributed by atoms with Crippen LogP contribution in [0.1, 0.15) is 23.4 Å². The number of hydrogen-bond donors (Lipinski definition) is 1. The Morgan fingerprint density at radius 3 is 2.70 bits per heavy atom. The van der Waals surface area contributed by atoms with Crippen LogP contribution in [0.15, 0.2) is 18.2 Å². The lowest BCUT2D eigenvalue weighted by atomic mass is 10.1. The van der Waals surface area contributed by atoms with Crippen LogP contribution in [-0.4, -0.2) is 48.1 Å². The molecule has 0 aliphatic carbocycles. The Kier molecular flexibility index (Phi) is 6.68. The fraction of sp³-hybridized carbons (Fsp3) is 0.438. The Bertz CT molecular complexity index is 742. The monoisotopic (exact) mass is 408 g/mol. The van der Waals surface area contributed by atoms with Crippen molar-refractivity contribution < 1.29 is 36.7 Å². The number of halogens is 4. The van der Waals surface area contributed by atoms with Gasteiger partial charge in [-0.3, -0.25) is 14.4 Å². The molecule has 1 saturated heterocycles. The summed E-state index contributed by atoms with van der Waals surface area (Å²) in [7, 11) is 0. The van der Waals surface area contributed by atoms with E-state index in [-0.39, 0.29) is 12.4 Å². The molecule has 1 N–H and O–H groups in total. The molecule has 0 saturated carbocycles. The quantitative estimate of drug-likeness (QED) is 0.576. The maximum Gasteiger partial charge on any atom is 0.416 e. The normalized spacial score (nSPS) is 17.1. The van der Waals surface area contributed by atoms with Gasteiger partial charge in [-0.05, 0) is 30.7 Å². The summed E-state index contributed by atoms with van der Waals surface area (Å²) in [6.07, 6.45) is -4.74. The number of nitrogens with zero attached hydrogens (tertiary/aromatic N) is 1. The first-order chi connectivity index (χ1) is 12.6. The molecule has 1 fully saturated rings. The van der Waals surface area contributed by atoms with E-state index >= 15 is 0 Å². The van der Waals surface area contributed by atoms with E-state index in [0.29, 0.717) is 18.2 Å². The predicted molar refractivity (Wildman–Crippen MR) is 88.0 cm³/mol. The molecule has 6 nitrogen and oxygen atoms in total. The van der Waals surface area contributed by atoms with Crippen LogP contribution in [0.2, 0.25) is 0 Å². The van der Waals surface area contributed by atoms with E-state index in [1.807, 2.05) is 0 Å². The third-order valence-electron chi connectivity index (χ3n) is 3.60. The van der Waals surface area contributed by atoms with Gasteiger partial charge in [-0.1, -0.05) is 0 Å². The van der Waals surface area contributed by atoms with Crippen LogP contribution in [0.3, 0.4) is 0 Å². The molecule has 2 rings (SSSR count). The molecule has 0 bridgehead atoms. The van der Waals surface area contributed by atoms with Crippen molar-refractivity contribution in [2.45, 2.75) is 18.5 Å². The molecule has 0 radical (unpaired) electrons. The van der Waals surface area contributed by atoms with Gasteiger partial charge in [0.1, 0.15) is 24.3 Å².